The van der Waals surface area contributed by atoms with Crippen LogP contribution < -0.4 is 10.8 Å². The van der Waals surface area contributed by atoms with E-state index in [1.54, 1.807) is 36.7 Å². The monoisotopic (exact) mass is 375 g/mol. The first-order valence-electron chi connectivity index (χ1n) is 8.74. The van der Waals surface area contributed by atoms with Gasteiger partial charge >= 0.3 is 5.97 Å². The van der Waals surface area contributed by atoms with E-state index < -0.39 is 5.97 Å². The first-order chi connectivity index (χ1) is 13.6. The maximum atomic E-state index is 11.0. The van der Waals surface area contributed by atoms with Crippen LogP contribution in [0.2, 0.25) is 0 Å². The Hall–Kier alpha value is -3.64. The van der Waals surface area contributed by atoms with E-state index in [9.17, 15) is 4.79 Å². The van der Waals surface area contributed by atoms with Gasteiger partial charge in [-0.05, 0) is 41.5 Å². The molecule has 0 saturated carbocycles. The topological polar surface area (TPSA) is 83.5 Å². The molecule has 6 nitrogen and oxygen atoms in total. The fourth-order valence-electron chi connectivity index (χ4n) is 2.65. The van der Waals surface area contributed by atoms with Crippen molar-refractivity contribution in [3.8, 4) is 0 Å². The quantitative estimate of drug-likeness (QED) is 0.489. The number of pyridine rings is 1. The SMILES string of the molecule is C=C(NOCc1cccc(C(=O)O)c1)c1ccccc1NCc1ccncc1. The van der Waals surface area contributed by atoms with Gasteiger partial charge in [-0.1, -0.05) is 36.9 Å². The van der Waals surface area contributed by atoms with Crippen molar-refractivity contribution in [3.63, 3.8) is 0 Å². The number of rotatable bonds is 9. The lowest BCUT2D eigenvalue weighted by molar-refractivity contribution is 0.0643. The smallest absolute Gasteiger partial charge is 0.335 e. The molecule has 0 aliphatic carbocycles. The number of anilines is 1. The lowest BCUT2D eigenvalue weighted by atomic mass is 10.1. The number of para-hydroxylation sites is 1. The Morgan fingerprint density at radius 3 is 2.61 bits per heavy atom. The summed E-state index contributed by atoms with van der Waals surface area (Å²) >= 11 is 0. The van der Waals surface area contributed by atoms with Gasteiger partial charge < -0.3 is 10.4 Å². The Labute approximate surface area is 163 Å². The molecular weight excluding hydrogens is 354 g/mol. The van der Waals surface area contributed by atoms with Gasteiger partial charge in [-0.3, -0.25) is 15.3 Å². The minimum atomic E-state index is -0.964. The summed E-state index contributed by atoms with van der Waals surface area (Å²) in [6, 6.07) is 18.3. The van der Waals surface area contributed by atoms with Gasteiger partial charge in [-0.25, -0.2) is 4.79 Å². The summed E-state index contributed by atoms with van der Waals surface area (Å²) in [4.78, 5) is 20.6. The zero-order chi connectivity index (χ0) is 19.8. The van der Waals surface area contributed by atoms with Crippen LogP contribution in [-0.4, -0.2) is 16.1 Å². The molecule has 0 saturated heterocycles. The lowest BCUT2D eigenvalue weighted by Gasteiger charge is -2.15. The third kappa shape index (κ3) is 5.18. The average Bonchev–Trinajstić information content (AvgIpc) is 2.73. The molecule has 0 unspecified atom stereocenters. The fraction of sp³-hybridized carbons (Fsp3) is 0.0909. The van der Waals surface area contributed by atoms with Crippen molar-refractivity contribution in [1.29, 1.82) is 0 Å². The van der Waals surface area contributed by atoms with Crippen molar-refractivity contribution in [2.24, 2.45) is 0 Å². The Morgan fingerprint density at radius 1 is 1.04 bits per heavy atom. The number of benzene rings is 2. The molecule has 0 amide bonds. The summed E-state index contributed by atoms with van der Waals surface area (Å²) in [6.45, 7) is 4.91. The summed E-state index contributed by atoms with van der Waals surface area (Å²) < 4.78 is 0. The zero-order valence-electron chi connectivity index (χ0n) is 15.3. The standard InChI is InChI=1S/C22H21N3O3/c1-16(25-28-15-18-5-4-6-19(13-18)22(26)27)20-7-2-3-8-21(20)24-14-17-9-11-23-12-10-17/h2-13,24-25H,1,14-15H2,(H,26,27). The van der Waals surface area contributed by atoms with Crippen molar-refractivity contribution in [1.82, 2.24) is 10.5 Å². The maximum Gasteiger partial charge on any atom is 0.335 e. The van der Waals surface area contributed by atoms with Crippen LogP contribution in [0.3, 0.4) is 0 Å². The van der Waals surface area contributed by atoms with E-state index in [0.29, 0.717) is 12.2 Å². The molecule has 3 rings (SSSR count). The van der Waals surface area contributed by atoms with Crippen LogP contribution in [0, 0.1) is 0 Å². The van der Waals surface area contributed by atoms with Crippen LogP contribution in [0.25, 0.3) is 5.70 Å². The highest BCUT2D eigenvalue weighted by atomic mass is 16.6. The molecule has 28 heavy (non-hydrogen) atoms. The molecule has 0 radical (unpaired) electrons. The van der Waals surface area contributed by atoms with Crippen molar-refractivity contribution in [3.05, 3.63) is 102 Å². The predicted octanol–water partition coefficient (Wildman–Crippen LogP) is 4.08. The van der Waals surface area contributed by atoms with E-state index in [1.165, 1.54) is 0 Å². The number of nitrogens with one attached hydrogen (secondary N) is 2. The number of hydrogen-bond donors (Lipinski definition) is 3. The van der Waals surface area contributed by atoms with E-state index in [1.807, 2.05) is 36.4 Å². The molecule has 1 aromatic heterocycles. The summed E-state index contributed by atoms with van der Waals surface area (Å²) in [5.41, 5.74) is 7.36. The van der Waals surface area contributed by atoms with Gasteiger partial charge in [-0.2, -0.15) is 0 Å². The molecule has 0 spiro atoms. The highest BCUT2D eigenvalue weighted by molar-refractivity contribution is 5.87. The third-order valence-electron chi connectivity index (χ3n) is 4.09. The first-order valence-corrected chi connectivity index (χ1v) is 8.74. The molecule has 1 heterocycles. The summed E-state index contributed by atoms with van der Waals surface area (Å²) in [5, 5.41) is 12.4. The van der Waals surface area contributed by atoms with Gasteiger partial charge in [0.2, 0.25) is 0 Å². The van der Waals surface area contributed by atoms with Crippen molar-refractivity contribution in [2.75, 3.05) is 5.32 Å². The van der Waals surface area contributed by atoms with E-state index >= 15 is 0 Å². The first kappa shape index (κ1) is 19.1. The van der Waals surface area contributed by atoms with Crippen LogP contribution in [0.15, 0.2) is 79.6 Å². The summed E-state index contributed by atoms with van der Waals surface area (Å²) in [6.07, 6.45) is 3.52. The van der Waals surface area contributed by atoms with Crippen LogP contribution in [0.5, 0.6) is 0 Å². The number of aromatic nitrogens is 1. The van der Waals surface area contributed by atoms with Gasteiger partial charge in [0.1, 0.15) is 0 Å². The Balaban J connectivity index is 1.58. The van der Waals surface area contributed by atoms with Crippen LogP contribution >= 0.6 is 0 Å². The molecule has 3 aromatic rings. The number of carboxylic acid groups (broad SMARTS) is 1. The number of hydrogen-bond acceptors (Lipinski definition) is 5. The molecular formula is C22H21N3O3. The number of nitrogens with zero attached hydrogens (tertiary/aromatic N) is 1. The normalized spacial score (nSPS) is 10.3. The van der Waals surface area contributed by atoms with Gasteiger partial charge in [0.05, 0.1) is 17.9 Å². The van der Waals surface area contributed by atoms with E-state index in [4.69, 9.17) is 9.94 Å². The van der Waals surface area contributed by atoms with Crippen LogP contribution in [0.1, 0.15) is 27.0 Å². The Kier molecular flexibility index (Phi) is 6.38. The maximum absolute atomic E-state index is 11.0. The van der Waals surface area contributed by atoms with Crippen LogP contribution in [0.4, 0.5) is 5.69 Å². The highest BCUT2D eigenvalue weighted by Crippen LogP contribution is 2.22. The van der Waals surface area contributed by atoms with Gasteiger partial charge in [-0.15, -0.1) is 0 Å². The highest BCUT2D eigenvalue weighted by Gasteiger charge is 2.07. The second kappa shape index (κ2) is 9.34. The summed E-state index contributed by atoms with van der Waals surface area (Å²) in [5.74, 6) is -0.964. The predicted molar refractivity (Wildman–Crippen MR) is 108 cm³/mol. The second-order valence-electron chi connectivity index (χ2n) is 6.13. The number of hydroxylamine groups is 1. The second-order valence-corrected chi connectivity index (χ2v) is 6.13. The van der Waals surface area contributed by atoms with Crippen molar-refractivity contribution >= 4 is 17.4 Å². The molecule has 142 valence electrons. The number of carbonyl (C=O) groups is 1. The minimum absolute atomic E-state index is 0.215. The largest absolute Gasteiger partial charge is 0.478 e. The molecule has 3 N–H and O–H groups in total. The molecule has 6 heteroatoms. The minimum Gasteiger partial charge on any atom is -0.478 e. The van der Waals surface area contributed by atoms with Gasteiger partial charge in [0.25, 0.3) is 0 Å². The molecule has 0 aliphatic heterocycles. The Bertz CT molecular complexity index is 958. The average molecular weight is 375 g/mol. The number of carboxylic acids is 1. The molecule has 0 fully saturated rings. The molecule has 2 aromatic carbocycles. The van der Waals surface area contributed by atoms with Crippen molar-refractivity contribution < 1.29 is 14.7 Å². The third-order valence-corrected chi connectivity index (χ3v) is 4.09. The fourth-order valence-corrected chi connectivity index (χ4v) is 2.65. The molecule has 0 atom stereocenters. The zero-order valence-corrected chi connectivity index (χ0v) is 15.3. The van der Waals surface area contributed by atoms with E-state index in [-0.39, 0.29) is 12.2 Å². The van der Waals surface area contributed by atoms with E-state index in [2.05, 4.69) is 22.4 Å². The van der Waals surface area contributed by atoms with Gasteiger partial charge in [0, 0.05) is 30.2 Å². The van der Waals surface area contributed by atoms with E-state index in [0.717, 1.165) is 22.4 Å². The molecule has 0 aliphatic rings. The van der Waals surface area contributed by atoms with Crippen LogP contribution in [-0.2, 0) is 18.0 Å². The number of aromatic carboxylic acids is 1. The molecule has 0 bridgehead atoms. The van der Waals surface area contributed by atoms with Gasteiger partial charge in [0.15, 0.2) is 0 Å². The Morgan fingerprint density at radius 2 is 1.82 bits per heavy atom. The lowest BCUT2D eigenvalue weighted by Crippen LogP contribution is -2.14. The summed E-state index contributed by atoms with van der Waals surface area (Å²) in [7, 11) is 0. The van der Waals surface area contributed by atoms with Crippen molar-refractivity contribution in [2.45, 2.75) is 13.2 Å².